The fourth-order valence-electron chi connectivity index (χ4n) is 8.77. The van der Waals surface area contributed by atoms with Gasteiger partial charge in [-0.15, -0.1) is 0 Å². The number of benzene rings is 3. The number of methoxy groups -OCH3 is 1. The van der Waals surface area contributed by atoms with E-state index in [1.54, 1.807) is 18.2 Å². The van der Waals surface area contributed by atoms with E-state index in [1.165, 1.54) is 18.1 Å². The van der Waals surface area contributed by atoms with Crippen LogP contribution in [0.1, 0.15) is 56.2 Å². The molecular weight excluding hydrogens is 578 g/mol. The summed E-state index contributed by atoms with van der Waals surface area (Å²) in [4.78, 5) is 59.4. The van der Waals surface area contributed by atoms with Crippen LogP contribution in [-0.4, -0.2) is 46.0 Å². The van der Waals surface area contributed by atoms with Crippen molar-refractivity contribution in [3.05, 3.63) is 113 Å². The third-order valence-corrected chi connectivity index (χ3v) is 10.6. The lowest BCUT2D eigenvalue weighted by atomic mass is 9.44. The Morgan fingerprint density at radius 2 is 1.54 bits per heavy atom. The fraction of sp³-hybridized carbons (Fsp3) is 0.333. The first-order valence-electron chi connectivity index (χ1n) is 15.9. The predicted molar refractivity (Wildman–Crippen MR) is 173 cm³/mol. The van der Waals surface area contributed by atoms with Gasteiger partial charge in [0.2, 0.25) is 11.8 Å². The Balaban J connectivity index is 1.52. The number of phenolic OH excluding ortho intramolecular Hbond substituents is 1. The van der Waals surface area contributed by atoms with Crippen molar-refractivity contribution in [1.82, 2.24) is 4.90 Å². The molecule has 6 atom stereocenters. The first-order chi connectivity index (χ1) is 22.0. The van der Waals surface area contributed by atoms with Gasteiger partial charge in [0.1, 0.15) is 11.5 Å². The monoisotopic (exact) mass is 615 g/mol. The molecule has 7 rings (SSSR count). The van der Waals surface area contributed by atoms with Crippen molar-refractivity contribution < 1.29 is 29.0 Å². The second-order valence-electron chi connectivity index (χ2n) is 13.9. The Hall–Kier alpha value is -4.78. The number of amides is 2. The molecule has 0 aromatic heterocycles. The van der Waals surface area contributed by atoms with Crippen LogP contribution in [0.25, 0.3) is 5.57 Å². The van der Waals surface area contributed by atoms with Gasteiger partial charge in [-0.1, -0.05) is 72.3 Å². The van der Waals surface area contributed by atoms with Gasteiger partial charge in [-0.25, -0.2) is 0 Å². The molecule has 0 radical (unpaired) electrons. The zero-order chi connectivity index (χ0) is 32.5. The van der Waals surface area contributed by atoms with Crippen molar-refractivity contribution >= 4 is 29.0 Å². The Morgan fingerprint density at radius 3 is 2.20 bits per heavy atom. The molecule has 7 nitrogen and oxygen atoms in total. The van der Waals surface area contributed by atoms with Gasteiger partial charge in [0.05, 0.1) is 24.4 Å². The Labute approximate surface area is 268 Å². The Bertz CT molecular complexity index is 1830. The number of likely N-dealkylation sites (tertiary alicyclic amines) is 1. The average Bonchev–Trinajstić information content (AvgIpc) is 3.32. The van der Waals surface area contributed by atoms with Gasteiger partial charge in [0.25, 0.3) is 0 Å². The average molecular weight is 616 g/mol. The summed E-state index contributed by atoms with van der Waals surface area (Å²) in [6, 6.07) is 23.4. The first kappa shape index (κ1) is 29.9. The number of imide groups is 1. The highest BCUT2D eigenvalue weighted by Crippen LogP contribution is 2.64. The van der Waals surface area contributed by atoms with Crippen molar-refractivity contribution in [1.29, 1.82) is 0 Å². The topological polar surface area (TPSA) is 101 Å². The van der Waals surface area contributed by atoms with Gasteiger partial charge < -0.3 is 9.84 Å². The van der Waals surface area contributed by atoms with Crippen LogP contribution in [0.5, 0.6) is 11.5 Å². The number of phenols is 1. The molecule has 1 heterocycles. The molecule has 4 aliphatic rings. The third kappa shape index (κ3) is 4.17. The molecule has 3 aliphatic carbocycles. The summed E-state index contributed by atoms with van der Waals surface area (Å²) in [7, 11) is 1.54. The minimum atomic E-state index is -1.41. The van der Waals surface area contributed by atoms with E-state index < -0.39 is 40.5 Å². The van der Waals surface area contributed by atoms with Crippen LogP contribution in [0.3, 0.4) is 0 Å². The lowest BCUT2D eigenvalue weighted by molar-refractivity contribution is -0.145. The maximum Gasteiger partial charge on any atom is 0.234 e. The van der Waals surface area contributed by atoms with E-state index in [9.17, 15) is 19.5 Å². The smallest absolute Gasteiger partial charge is 0.234 e. The number of nitrogens with zero attached hydrogens (tertiary/aromatic N) is 1. The van der Waals surface area contributed by atoms with Crippen LogP contribution in [0, 0.1) is 23.7 Å². The van der Waals surface area contributed by atoms with Crippen molar-refractivity contribution in [2.45, 2.75) is 50.5 Å². The van der Waals surface area contributed by atoms with Crippen LogP contribution in [-0.2, 0) is 24.6 Å². The lowest BCUT2D eigenvalue weighted by Gasteiger charge is -2.55. The van der Waals surface area contributed by atoms with E-state index >= 15 is 4.79 Å². The Morgan fingerprint density at radius 1 is 0.870 bits per heavy atom. The van der Waals surface area contributed by atoms with E-state index in [-0.39, 0.29) is 35.6 Å². The largest absolute Gasteiger partial charge is 0.508 e. The van der Waals surface area contributed by atoms with Crippen LogP contribution in [0.2, 0.25) is 0 Å². The van der Waals surface area contributed by atoms with Crippen LogP contribution in [0.15, 0.2) is 96.6 Å². The van der Waals surface area contributed by atoms with Crippen LogP contribution < -0.4 is 4.74 Å². The lowest BCUT2D eigenvalue weighted by Crippen LogP contribution is -2.59. The molecule has 3 aromatic carbocycles. The zero-order valence-corrected chi connectivity index (χ0v) is 26.4. The van der Waals surface area contributed by atoms with Crippen LogP contribution >= 0.6 is 0 Å². The summed E-state index contributed by atoms with van der Waals surface area (Å²) in [5, 5.41) is 11.5. The molecule has 0 unspecified atom stereocenters. The minimum Gasteiger partial charge on any atom is -0.508 e. The van der Waals surface area contributed by atoms with Crippen molar-refractivity contribution in [2.24, 2.45) is 23.7 Å². The highest BCUT2D eigenvalue weighted by atomic mass is 16.5. The third-order valence-electron chi connectivity index (χ3n) is 10.6. The molecule has 2 fully saturated rings. The highest BCUT2D eigenvalue weighted by Gasteiger charge is 2.66. The molecule has 0 spiro atoms. The maximum atomic E-state index is 15.0. The standard InChI is InChI=1S/C39H37NO6/c1-38(2,3)40-36(44)26-17-16-25-28(33(26)37(40)45)20-30-35(43)27(22-11-7-5-8-12-22)21-32(42)39(30,23-13-9-6-10-14-23)34(25)29-19-24(46-4)15-18-31(29)41/h5-16,18-19,21,26,28,30,33-34,41H,17,20H2,1-4H3/t26-,28+,30-,33-,34+,39-/m0/s1. The van der Waals surface area contributed by atoms with Gasteiger partial charge in [-0.3, -0.25) is 24.1 Å². The molecule has 46 heavy (non-hydrogen) atoms. The maximum absolute atomic E-state index is 15.0. The number of ketones is 2. The van der Waals surface area contributed by atoms with E-state index in [0.29, 0.717) is 34.4 Å². The SMILES string of the molecule is COc1ccc(O)c([C@H]2C3=CC[C@@H]4C(=O)N(C(C)(C)C)C(=O)[C@@H]4[C@@H]3C[C@H]3C(=O)C(c4ccccc4)=CC(=O)[C@@]23c2ccccc2)c1. The van der Waals surface area contributed by atoms with Gasteiger partial charge >= 0.3 is 0 Å². The number of ether oxygens (including phenoxy) is 1. The number of hydrogen-bond donors (Lipinski definition) is 1. The molecule has 3 aromatic rings. The molecule has 1 aliphatic heterocycles. The number of carbonyl (C=O) groups is 4. The number of aromatic hydroxyl groups is 1. The molecule has 1 saturated carbocycles. The van der Waals surface area contributed by atoms with E-state index in [0.717, 1.165) is 5.57 Å². The summed E-state index contributed by atoms with van der Waals surface area (Å²) in [5.74, 6) is -3.80. The number of fused-ring (bicyclic) bond motifs is 4. The highest BCUT2D eigenvalue weighted by molar-refractivity contribution is 6.31. The summed E-state index contributed by atoms with van der Waals surface area (Å²) >= 11 is 0. The van der Waals surface area contributed by atoms with Crippen molar-refractivity contribution in [3.63, 3.8) is 0 Å². The van der Waals surface area contributed by atoms with E-state index in [2.05, 4.69) is 0 Å². The van der Waals surface area contributed by atoms with Gasteiger partial charge in [0, 0.05) is 28.5 Å². The van der Waals surface area contributed by atoms with E-state index in [4.69, 9.17) is 4.74 Å². The number of carbonyl (C=O) groups excluding carboxylic acids is 4. The van der Waals surface area contributed by atoms with Crippen LogP contribution in [0.4, 0.5) is 0 Å². The van der Waals surface area contributed by atoms with Crippen molar-refractivity contribution in [3.8, 4) is 11.5 Å². The predicted octanol–water partition coefficient (Wildman–Crippen LogP) is 6.02. The normalized spacial score (nSPS) is 29.0. The number of hydrogen-bond acceptors (Lipinski definition) is 6. The molecular formula is C39H37NO6. The first-order valence-corrected chi connectivity index (χ1v) is 15.9. The molecule has 1 saturated heterocycles. The summed E-state index contributed by atoms with van der Waals surface area (Å²) < 4.78 is 5.59. The molecule has 7 heteroatoms. The quantitative estimate of drug-likeness (QED) is 0.285. The number of allylic oxidation sites excluding steroid dienone is 4. The number of Topliss-reactive ketones (excluding diaryl/α,β-unsaturated/α-hetero) is 1. The zero-order valence-electron chi connectivity index (χ0n) is 26.4. The van der Waals surface area contributed by atoms with Gasteiger partial charge in [0.15, 0.2) is 11.6 Å². The second kappa shape index (κ2) is 10.6. The molecule has 2 amide bonds. The number of rotatable bonds is 4. The summed E-state index contributed by atoms with van der Waals surface area (Å²) in [6.45, 7) is 5.56. The molecule has 1 N–H and O–H groups in total. The molecule has 234 valence electrons. The summed E-state index contributed by atoms with van der Waals surface area (Å²) in [5.41, 5.74) is 0.784. The Kier molecular flexibility index (Phi) is 6.92. The molecule has 0 bridgehead atoms. The van der Waals surface area contributed by atoms with Crippen molar-refractivity contribution in [2.75, 3.05) is 7.11 Å². The minimum absolute atomic E-state index is 0.0354. The summed E-state index contributed by atoms with van der Waals surface area (Å²) in [6.07, 6.45) is 4.03. The van der Waals surface area contributed by atoms with Gasteiger partial charge in [-0.05, 0) is 74.9 Å². The van der Waals surface area contributed by atoms with E-state index in [1.807, 2.05) is 87.5 Å². The fourth-order valence-corrected chi connectivity index (χ4v) is 8.77. The van der Waals surface area contributed by atoms with Gasteiger partial charge in [-0.2, -0.15) is 0 Å². The second-order valence-corrected chi connectivity index (χ2v) is 13.9.